The van der Waals surface area contributed by atoms with Crippen molar-refractivity contribution in [2.24, 2.45) is 5.92 Å². The van der Waals surface area contributed by atoms with E-state index in [4.69, 9.17) is 9.72 Å². The van der Waals surface area contributed by atoms with Crippen LogP contribution >= 0.6 is 0 Å². The van der Waals surface area contributed by atoms with Gasteiger partial charge in [-0.25, -0.2) is 4.98 Å². The van der Waals surface area contributed by atoms with Crippen LogP contribution in [0.4, 0.5) is 5.82 Å². The number of carbonyl (C=O) groups is 1. The summed E-state index contributed by atoms with van der Waals surface area (Å²) < 4.78 is 6.76. The monoisotopic (exact) mass is 316 g/mol. The second-order valence-electron chi connectivity index (χ2n) is 6.57. The molecule has 0 amide bonds. The zero-order valence-electron chi connectivity index (χ0n) is 14.2. The quantitative estimate of drug-likeness (QED) is 0.815. The Morgan fingerprint density at radius 3 is 2.61 bits per heavy atom. The van der Waals surface area contributed by atoms with E-state index in [9.17, 15) is 4.79 Å². The lowest BCUT2D eigenvalue weighted by molar-refractivity contribution is -0.146. The van der Waals surface area contributed by atoms with Crippen LogP contribution in [0.2, 0.25) is 0 Å². The van der Waals surface area contributed by atoms with Gasteiger partial charge < -0.3 is 9.64 Å². The third-order valence-corrected chi connectivity index (χ3v) is 4.79. The minimum absolute atomic E-state index is 0.0463. The highest BCUT2D eigenvalue weighted by molar-refractivity contribution is 5.72. The van der Waals surface area contributed by atoms with Crippen molar-refractivity contribution in [2.75, 3.05) is 26.1 Å². The van der Waals surface area contributed by atoms with Crippen LogP contribution in [0.15, 0.2) is 12.3 Å². The molecule has 6 nitrogen and oxygen atoms in total. The summed E-state index contributed by atoms with van der Waals surface area (Å²) in [4.78, 5) is 18.6. The fourth-order valence-electron chi connectivity index (χ4n) is 3.39. The van der Waals surface area contributed by atoms with E-state index >= 15 is 0 Å². The SMILES string of the molecule is COC(=O)C1CCC(c2cc(N(C)C)n3ncc(C)c3n2)CC1. The standard InChI is InChI=1S/C17H24N4O2/c1-11-10-18-21-15(20(2)3)9-14(19-16(11)21)12-5-7-13(8-6-12)17(22)23-4/h9-10,12-13H,5-8H2,1-4H3. The normalized spacial score (nSPS) is 21.4. The van der Waals surface area contributed by atoms with Gasteiger partial charge in [0.15, 0.2) is 5.65 Å². The molecule has 0 unspecified atom stereocenters. The first-order valence-corrected chi connectivity index (χ1v) is 8.11. The van der Waals surface area contributed by atoms with E-state index < -0.39 is 0 Å². The van der Waals surface area contributed by atoms with E-state index in [1.165, 1.54) is 7.11 Å². The molecule has 0 spiro atoms. The van der Waals surface area contributed by atoms with Crippen LogP contribution in [0.25, 0.3) is 5.65 Å². The third kappa shape index (κ3) is 2.90. The van der Waals surface area contributed by atoms with Crippen molar-refractivity contribution in [3.63, 3.8) is 0 Å². The van der Waals surface area contributed by atoms with Crippen molar-refractivity contribution in [2.45, 2.75) is 38.5 Å². The lowest BCUT2D eigenvalue weighted by atomic mass is 9.80. The number of nitrogens with zero attached hydrogens (tertiary/aromatic N) is 4. The molecule has 6 heteroatoms. The molecule has 0 radical (unpaired) electrons. The second kappa shape index (κ2) is 6.18. The van der Waals surface area contributed by atoms with Crippen LogP contribution in [-0.4, -0.2) is 41.8 Å². The number of aryl methyl sites for hydroxylation is 1. The second-order valence-corrected chi connectivity index (χ2v) is 6.57. The van der Waals surface area contributed by atoms with Gasteiger partial charge in [0, 0.05) is 37.3 Å². The zero-order chi connectivity index (χ0) is 16.6. The summed E-state index contributed by atoms with van der Waals surface area (Å²) in [5.41, 5.74) is 3.10. The highest BCUT2D eigenvalue weighted by Crippen LogP contribution is 2.36. The Bertz CT molecular complexity index is 715. The summed E-state index contributed by atoms with van der Waals surface area (Å²) in [5.74, 6) is 1.40. The van der Waals surface area contributed by atoms with Gasteiger partial charge in [-0.05, 0) is 32.6 Å². The van der Waals surface area contributed by atoms with Crippen molar-refractivity contribution < 1.29 is 9.53 Å². The van der Waals surface area contributed by atoms with Crippen molar-refractivity contribution >= 4 is 17.4 Å². The predicted molar refractivity (Wildman–Crippen MR) is 88.8 cm³/mol. The summed E-state index contributed by atoms with van der Waals surface area (Å²) in [7, 11) is 5.50. The number of methoxy groups -OCH3 is 1. The minimum Gasteiger partial charge on any atom is -0.469 e. The van der Waals surface area contributed by atoms with Gasteiger partial charge in [0.25, 0.3) is 0 Å². The molecule has 2 heterocycles. The maximum absolute atomic E-state index is 11.7. The number of hydrogen-bond acceptors (Lipinski definition) is 5. The highest BCUT2D eigenvalue weighted by Gasteiger charge is 2.29. The number of ether oxygens (including phenoxy) is 1. The molecule has 1 saturated carbocycles. The summed E-state index contributed by atoms with van der Waals surface area (Å²) in [6.45, 7) is 2.03. The van der Waals surface area contributed by atoms with Gasteiger partial charge in [-0.15, -0.1) is 0 Å². The first-order valence-electron chi connectivity index (χ1n) is 8.11. The molecule has 0 N–H and O–H groups in total. The van der Waals surface area contributed by atoms with Gasteiger partial charge in [-0.2, -0.15) is 9.61 Å². The summed E-state index contributed by atoms with van der Waals surface area (Å²) in [5, 5.41) is 4.42. The van der Waals surface area contributed by atoms with Crippen LogP contribution in [0.1, 0.15) is 42.9 Å². The van der Waals surface area contributed by atoms with Gasteiger partial charge in [0.05, 0.1) is 19.2 Å². The topological polar surface area (TPSA) is 59.7 Å². The van der Waals surface area contributed by atoms with E-state index in [0.717, 1.165) is 48.4 Å². The Kier molecular flexibility index (Phi) is 4.24. The first kappa shape index (κ1) is 15.8. The number of rotatable bonds is 3. The van der Waals surface area contributed by atoms with Gasteiger partial charge in [-0.1, -0.05) is 0 Å². The fraction of sp³-hybridized carbons (Fsp3) is 0.588. The molecule has 0 aromatic carbocycles. The average Bonchev–Trinajstić information content (AvgIpc) is 2.94. The molecule has 2 aromatic heterocycles. The Balaban J connectivity index is 1.89. The van der Waals surface area contributed by atoms with Gasteiger partial charge in [0.2, 0.25) is 0 Å². The summed E-state index contributed by atoms with van der Waals surface area (Å²) in [6.07, 6.45) is 5.55. The molecule has 0 saturated heterocycles. The first-order chi connectivity index (χ1) is 11.0. The molecule has 23 heavy (non-hydrogen) atoms. The Labute approximate surface area is 136 Å². The molecular formula is C17H24N4O2. The lowest BCUT2D eigenvalue weighted by Gasteiger charge is -2.27. The van der Waals surface area contributed by atoms with E-state index in [-0.39, 0.29) is 11.9 Å². The number of hydrogen-bond donors (Lipinski definition) is 0. The maximum atomic E-state index is 11.7. The van der Waals surface area contributed by atoms with Crippen molar-refractivity contribution in [3.05, 3.63) is 23.5 Å². The number of anilines is 1. The molecule has 1 aliphatic rings. The van der Waals surface area contributed by atoms with E-state index in [1.807, 2.05) is 31.7 Å². The van der Waals surface area contributed by atoms with E-state index in [0.29, 0.717) is 5.92 Å². The van der Waals surface area contributed by atoms with Gasteiger partial charge in [0.1, 0.15) is 5.82 Å². The minimum atomic E-state index is -0.0764. The number of aromatic nitrogens is 3. The van der Waals surface area contributed by atoms with Crippen LogP contribution in [0.5, 0.6) is 0 Å². The largest absolute Gasteiger partial charge is 0.469 e. The molecule has 0 aliphatic heterocycles. The fourth-order valence-corrected chi connectivity index (χ4v) is 3.39. The number of esters is 1. The smallest absolute Gasteiger partial charge is 0.308 e. The number of carbonyl (C=O) groups excluding carboxylic acids is 1. The van der Waals surface area contributed by atoms with Gasteiger partial charge in [-0.3, -0.25) is 4.79 Å². The Hall–Kier alpha value is -2.11. The van der Waals surface area contributed by atoms with Crippen LogP contribution in [0.3, 0.4) is 0 Å². The zero-order valence-corrected chi connectivity index (χ0v) is 14.2. The maximum Gasteiger partial charge on any atom is 0.308 e. The predicted octanol–water partition coefficient (Wildman–Crippen LogP) is 2.55. The summed E-state index contributed by atoms with van der Waals surface area (Å²) in [6, 6.07) is 2.13. The molecule has 1 fully saturated rings. The average molecular weight is 316 g/mol. The third-order valence-electron chi connectivity index (χ3n) is 4.79. The van der Waals surface area contributed by atoms with Crippen LogP contribution < -0.4 is 4.90 Å². The van der Waals surface area contributed by atoms with E-state index in [2.05, 4.69) is 16.1 Å². The Morgan fingerprint density at radius 2 is 2.00 bits per heavy atom. The molecule has 3 rings (SSSR count). The summed E-state index contributed by atoms with van der Waals surface area (Å²) >= 11 is 0. The van der Waals surface area contributed by atoms with E-state index in [1.54, 1.807) is 0 Å². The lowest BCUT2D eigenvalue weighted by Crippen LogP contribution is -2.23. The van der Waals surface area contributed by atoms with Crippen molar-refractivity contribution in [1.82, 2.24) is 14.6 Å². The van der Waals surface area contributed by atoms with Gasteiger partial charge >= 0.3 is 5.97 Å². The van der Waals surface area contributed by atoms with Crippen molar-refractivity contribution in [1.29, 1.82) is 0 Å². The van der Waals surface area contributed by atoms with Crippen LogP contribution in [-0.2, 0) is 9.53 Å². The van der Waals surface area contributed by atoms with Crippen LogP contribution in [0, 0.1) is 12.8 Å². The Morgan fingerprint density at radius 1 is 1.30 bits per heavy atom. The molecule has 1 aliphatic carbocycles. The highest BCUT2D eigenvalue weighted by atomic mass is 16.5. The molecule has 0 atom stereocenters. The molecule has 0 bridgehead atoms. The van der Waals surface area contributed by atoms with Crippen molar-refractivity contribution in [3.8, 4) is 0 Å². The number of fused-ring (bicyclic) bond motifs is 1. The molecule has 124 valence electrons. The molecular weight excluding hydrogens is 292 g/mol. The molecule has 2 aromatic rings.